The van der Waals surface area contributed by atoms with E-state index in [1.807, 2.05) is 12.1 Å². The van der Waals surface area contributed by atoms with Crippen LogP contribution in [-0.2, 0) is 0 Å². The van der Waals surface area contributed by atoms with Gasteiger partial charge in [0.25, 0.3) is 0 Å². The van der Waals surface area contributed by atoms with Gasteiger partial charge >= 0.3 is 0 Å². The van der Waals surface area contributed by atoms with Crippen molar-refractivity contribution in [2.75, 3.05) is 0 Å². The van der Waals surface area contributed by atoms with Gasteiger partial charge in [0.1, 0.15) is 0 Å². The summed E-state index contributed by atoms with van der Waals surface area (Å²) in [6.45, 7) is 0. The van der Waals surface area contributed by atoms with E-state index in [0.29, 0.717) is 5.95 Å². The molecule has 6 aromatic carbocycles. The molecule has 0 saturated carbocycles. The highest BCUT2D eigenvalue weighted by Crippen LogP contribution is 2.49. The molecule has 3 nitrogen and oxygen atoms in total. The maximum absolute atomic E-state index is 5.20. The Morgan fingerprint density at radius 3 is 1.66 bits per heavy atom. The Labute approximate surface area is 237 Å². The minimum absolute atomic E-state index is 0.671. The van der Waals surface area contributed by atoms with Gasteiger partial charge in [-0.15, -0.1) is 0 Å². The zero-order chi connectivity index (χ0) is 26.9. The van der Waals surface area contributed by atoms with Gasteiger partial charge in [0.2, 0.25) is 5.95 Å². The summed E-state index contributed by atoms with van der Waals surface area (Å²) in [4.78, 5) is 10.4. The number of rotatable bonds is 3. The second kappa shape index (κ2) is 8.48. The summed E-state index contributed by atoms with van der Waals surface area (Å²) in [6, 6.07) is 49.4. The second-order valence-corrected chi connectivity index (χ2v) is 10.6. The highest BCUT2D eigenvalue weighted by molar-refractivity contribution is 6.20. The SMILES string of the molecule is c1ccc(-c2cc(-c3ccccc3)nc(-n3c4ccccc4c4cc5c(cc43)-c3cccc4cccc-5c34)n2)cc1. The highest BCUT2D eigenvalue weighted by Gasteiger charge is 2.25. The lowest BCUT2D eigenvalue weighted by atomic mass is 10.0. The standard InChI is InChI=1S/C38H23N3/c1-3-11-24(12-4-1)33-23-34(25-13-5-2-6-14-25)40-38(39-33)41-35-20-8-7-17-27(35)32-21-30-28-18-9-15-26-16-10-19-29(37(26)28)31(30)22-36(32)41/h1-23H. The molecule has 0 radical (unpaired) electrons. The first kappa shape index (κ1) is 22.3. The first-order chi connectivity index (χ1) is 20.3. The molecule has 41 heavy (non-hydrogen) atoms. The van der Waals surface area contributed by atoms with Crippen LogP contribution in [0.2, 0.25) is 0 Å². The Morgan fingerprint density at radius 2 is 1.00 bits per heavy atom. The van der Waals surface area contributed by atoms with Gasteiger partial charge in [-0.3, -0.25) is 4.57 Å². The van der Waals surface area contributed by atoms with Gasteiger partial charge in [0.15, 0.2) is 0 Å². The molecular weight excluding hydrogens is 498 g/mol. The zero-order valence-electron chi connectivity index (χ0n) is 22.1. The number of nitrogens with zero attached hydrogens (tertiary/aromatic N) is 3. The highest BCUT2D eigenvalue weighted by atomic mass is 15.2. The summed E-state index contributed by atoms with van der Waals surface area (Å²) in [5.41, 5.74) is 11.3. The van der Waals surface area contributed by atoms with Crippen molar-refractivity contribution < 1.29 is 0 Å². The van der Waals surface area contributed by atoms with Crippen molar-refractivity contribution >= 4 is 32.6 Å². The van der Waals surface area contributed by atoms with Crippen LogP contribution in [0.25, 0.3) is 83.3 Å². The van der Waals surface area contributed by atoms with Crippen LogP contribution in [0.5, 0.6) is 0 Å². The lowest BCUT2D eigenvalue weighted by Gasteiger charge is -2.12. The zero-order valence-corrected chi connectivity index (χ0v) is 22.1. The summed E-state index contributed by atoms with van der Waals surface area (Å²) in [5, 5.41) is 5.02. The molecule has 3 heteroatoms. The lowest BCUT2D eigenvalue weighted by molar-refractivity contribution is 0.996. The number of fused-ring (bicyclic) bond motifs is 6. The molecule has 1 aliphatic rings. The third-order valence-corrected chi connectivity index (χ3v) is 8.35. The van der Waals surface area contributed by atoms with Crippen molar-refractivity contribution in [1.29, 1.82) is 0 Å². The molecule has 0 unspecified atom stereocenters. The molecule has 0 fully saturated rings. The average molecular weight is 522 g/mol. The Morgan fingerprint density at radius 1 is 0.415 bits per heavy atom. The third kappa shape index (κ3) is 3.26. The Bertz CT molecular complexity index is 2230. The van der Waals surface area contributed by atoms with Gasteiger partial charge in [-0.1, -0.05) is 115 Å². The van der Waals surface area contributed by atoms with E-state index < -0.39 is 0 Å². The van der Waals surface area contributed by atoms with Crippen LogP contribution in [0.3, 0.4) is 0 Å². The number of para-hydroxylation sites is 1. The van der Waals surface area contributed by atoms with E-state index in [9.17, 15) is 0 Å². The van der Waals surface area contributed by atoms with Crippen LogP contribution in [0.4, 0.5) is 0 Å². The molecule has 9 rings (SSSR count). The van der Waals surface area contributed by atoms with Crippen molar-refractivity contribution in [1.82, 2.24) is 14.5 Å². The Kier molecular flexibility index (Phi) is 4.61. The van der Waals surface area contributed by atoms with Crippen LogP contribution in [0, 0.1) is 0 Å². The summed E-state index contributed by atoms with van der Waals surface area (Å²) in [5.74, 6) is 0.671. The number of hydrogen-bond donors (Lipinski definition) is 0. The maximum Gasteiger partial charge on any atom is 0.235 e. The van der Waals surface area contributed by atoms with Gasteiger partial charge in [0, 0.05) is 21.9 Å². The van der Waals surface area contributed by atoms with E-state index in [1.54, 1.807) is 0 Å². The van der Waals surface area contributed by atoms with E-state index in [1.165, 1.54) is 43.8 Å². The Hall–Kier alpha value is -5.54. The normalized spacial score (nSPS) is 11.9. The van der Waals surface area contributed by atoms with Crippen molar-refractivity contribution in [2.45, 2.75) is 0 Å². The van der Waals surface area contributed by atoms with Gasteiger partial charge in [0.05, 0.1) is 22.4 Å². The number of aromatic nitrogens is 3. The quantitative estimate of drug-likeness (QED) is 0.232. The van der Waals surface area contributed by atoms with Gasteiger partial charge in [-0.05, 0) is 57.3 Å². The van der Waals surface area contributed by atoms with Crippen molar-refractivity contribution in [3.05, 3.63) is 140 Å². The molecule has 0 N–H and O–H groups in total. The monoisotopic (exact) mass is 521 g/mol. The number of benzene rings is 6. The fraction of sp³-hybridized carbons (Fsp3) is 0. The van der Waals surface area contributed by atoms with Crippen LogP contribution in [-0.4, -0.2) is 14.5 Å². The molecule has 8 aromatic rings. The first-order valence-corrected chi connectivity index (χ1v) is 13.9. The lowest BCUT2D eigenvalue weighted by Crippen LogP contribution is -2.04. The third-order valence-electron chi connectivity index (χ3n) is 8.35. The van der Waals surface area contributed by atoms with Crippen molar-refractivity contribution in [3.63, 3.8) is 0 Å². The Balaban J connectivity index is 1.38. The molecule has 0 aliphatic heterocycles. The van der Waals surface area contributed by atoms with Crippen LogP contribution >= 0.6 is 0 Å². The summed E-state index contributed by atoms with van der Waals surface area (Å²) >= 11 is 0. The molecule has 2 heterocycles. The van der Waals surface area contributed by atoms with Crippen molar-refractivity contribution in [3.8, 4) is 50.7 Å². The predicted molar refractivity (Wildman–Crippen MR) is 169 cm³/mol. The van der Waals surface area contributed by atoms with E-state index in [0.717, 1.165) is 33.5 Å². The molecule has 0 spiro atoms. The van der Waals surface area contributed by atoms with E-state index in [-0.39, 0.29) is 0 Å². The van der Waals surface area contributed by atoms with Gasteiger partial charge < -0.3 is 0 Å². The van der Waals surface area contributed by atoms with Gasteiger partial charge in [-0.25, -0.2) is 9.97 Å². The maximum atomic E-state index is 5.20. The molecule has 0 atom stereocenters. The minimum Gasteiger partial charge on any atom is -0.278 e. The summed E-state index contributed by atoms with van der Waals surface area (Å²) < 4.78 is 2.24. The molecule has 0 bridgehead atoms. The summed E-state index contributed by atoms with van der Waals surface area (Å²) in [7, 11) is 0. The van der Waals surface area contributed by atoms with Crippen molar-refractivity contribution in [2.24, 2.45) is 0 Å². The van der Waals surface area contributed by atoms with E-state index >= 15 is 0 Å². The predicted octanol–water partition coefficient (Wildman–Crippen LogP) is 9.71. The topological polar surface area (TPSA) is 30.7 Å². The smallest absolute Gasteiger partial charge is 0.235 e. The molecule has 0 amide bonds. The number of hydrogen-bond acceptors (Lipinski definition) is 2. The largest absolute Gasteiger partial charge is 0.278 e. The van der Waals surface area contributed by atoms with Crippen LogP contribution < -0.4 is 0 Å². The molecular formula is C38H23N3. The van der Waals surface area contributed by atoms with Crippen LogP contribution in [0.1, 0.15) is 0 Å². The summed E-state index contributed by atoms with van der Waals surface area (Å²) in [6.07, 6.45) is 0. The molecule has 1 aliphatic carbocycles. The van der Waals surface area contributed by atoms with E-state index in [4.69, 9.17) is 9.97 Å². The molecule has 0 saturated heterocycles. The average Bonchev–Trinajstić information content (AvgIpc) is 3.54. The minimum atomic E-state index is 0.671. The molecule has 2 aromatic heterocycles. The fourth-order valence-corrected chi connectivity index (χ4v) is 6.51. The van der Waals surface area contributed by atoms with Crippen LogP contribution in [0.15, 0.2) is 140 Å². The first-order valence-electron chi connectivity index (χ1n) is 13.9. The molecule has 190 valence electrons. The van der Waals surface area contributed by atoms with Gasteiger partial charge in [-0.2, -0.15) is 0 Å². The van der Waals surface area contributed by atoms with E-state index in [2.05, 4.69) is 132 Å². The fourth-order valence-electron chi connectivity index (χ4n) is 6.51. The second-order valence-electron chi connectivity index (χ2n) is 10.6.